The molecular formula is C33H36NNaO3. The number of carboxylic acids is 1. The fourth-order valence-electron chi connectivity index (χ4n) is 4.72. The molecule has 5 heteroatoms. The van der Waals surface area contributed by atoms with Crippen LogP contribution in [0, 0.1) is 6.92 Å². The first-order chi connectivity index (χ1) is 18.0. The second-order valence-corrected chi connectivity index (χ2v) is 9.67. The summed E-state index contributed by atoms with van der Waals surface area (Å²) >= 11 is 0. The van der Waals surface area contributed by atoms with Gasteiger partial charge in [-0.2, -0.15) is 0 Å². The number of aliphatic carboxylic acids is 1. The van der Waals surface area contributed by atoms with E-state index in [0.29, 0.717) is 5.75 Å². The van der Waals surface area contributed by atoms with Crippen LogP contribution in [0.1, 0.15) is 55.8 Å². The van der Waals surface area contributed by atoms with E-state index in [1.165, 1.54) is 37.7 Å². The second kappa shape index (κ2) is 15.0. The number of benzene rings is 3. The molecule has 1 heterocycles. The van der Waals surface area contributed by atoms with Gasteiger partial charge in [0.2, 0.25) is 0 Å². The average Bonchev–Trinajstić information content (AvgIpc) is 3.30. The van der Waals surface area contributed by atoms with Gasteiger partial charge in [-0.1, -0.05) is 75.1 Å². The van der Waals surface area contributed by atoms with Crippen molar-refractivity contribution in [1.82, 2.24) is 4.57 Å². The van der Waals surface area contributed by atoms with Gasteiger partial charge in [-0.3, -0.25) is 0 Å². The Bertz CT molecular complexity index is 1260. The van der Waals surface area contributed by atoms with Crippen molar-refractivity contribution in [2.75, 3.05) is 0 Å². The van der Waals surface area contributed by atoms with E-state index >= 15 is 0 Å². The molecule has 0 aliphatic rings. The zero-order valence-corrected chi connectivity index (χ0v) is 24.9. The van der Waals surface area contributed by atoms with Gasteiger partial charge in [-0.25, -0.2) is 0 Å². The molecule has 4 rings (SSSR count). The van der Waals surface area contributed by atoms with Gasteiger partial charge in [0.15, 0.2) is 0 Å². The second-order valence-electron chi connectivity index (χ2n) is 9.67. The van der Waals surface area contributed by atoms with Crippen LogP contribution in [0.25, 0.3) is 16.9 Å². The number of nitrogens with zero attached hydrogens (tertiary/aromatic N) is 1. The average molecular weight is 518 g/mol. The Kier molecular flexibility index (Phi) is 11.7. The summed E-state index contributed by atoms with van der Waals surface area (Å²) in [7, 11) is 0. The molecule has 0 spiro atoms. The number of carboxylic acid groups (broad SMARTS) is 1. The number of aryl methyl sites for hydroxylation is 2. The Balaban J connectivity index is 0.00000400. The van der Waals surface area contributed by atoms with Crippen molar-refractivity contribution >= 4 is 5.97 Å². The van der Waals surface area contributed by atoms with Crippen molar-refractivity contribution in [1.29, 1.82) is 0 Å². The molecule has 0 saturated carbocycles. The van der Waals surface area contributed by atoms with E-state index in [-0.39, 0.29) is 36.0 Å². The molecule has 38 heavy (non-hydrogen) atoms. The van der Waals surface area contributed by atoms with Crippen LogP contribution < -0.4 is 39.4 Å². The third-order valence-corrected chi connectivity index (χ3v) is 6.79. The molecule has 1 atom stereocenters. The standard InChI is InChI=1S/C33H37NO3.Na/c1-3-4-5-6-8-11-26-15-19-29(20-16-26)34-25(2)14-23-31(34)28-17-21-30(22-18-28)37-32(33(35)36)24-27-12-9-7-10-13-27;/h7,9-10,12-23,32H,3-6,8,11,24H2,1-2H3,(H,35,36);/q;+1/p-1/t32-;/m1./s1. The minimum Gasteiger partial charge on any atom is -0.546 e. The van der Waals surface area contributed by atoms with E-state index < -0.39 is 12.1 Å². The molecule has 0 N–H and O–H groups in total. The van der Waals surface area contributed by atoms with Crippen LogP contribution in [0.3, 0.4) is 0 Å². The predicted molar refractivity (Wildman–Crippen MR) is 148 cm³/mol. The Morgan fingerprint density at radius 3 is 2.16 bits per heavy atom. The van der Waals surface area contributed by atoms with Crippen molar-refractivity contribution in [3.8, 4) is 22.7 Å². The van der Waals surface area contributed by atoms with Crippen molar-refractivity contribution < 1.29 is 44.2 Å². The molecule has 0 bridgehead atoms. The third kappa shape index (κ3) is 8.10. The number of hydrogen-bond donors (Lipinski definition) is 0. The van der Waals surface area contributed by atoms with Gasteiger partial charge in [-0.05, 0) is 85.0 Å². The first-order valence-electron chi connectivity index (χ1n) is 13.3. The fraction of sp³-hybridized carbons (Fsp3) is 0.303. The maximum atomic E-state index is 11.7. The molecular weight excluding hydrogens is 481 g/mol. The van der Waals surface area contributed by atoms with Crippen LogP contribution in [-0.4, -0.2) is 16.6 Å². The van der Waals surface area contributed by atoms with E-state index in [1.54, 1.807) is 0 Å². The van der Waals surface area contributed by atoms with Gasteiger partial charge < -0.3 is 19.2 Å². The van der Waals surface area contributed by atoms with Gasteiger partial charge in [0, 0.05) is 17.8 Å². The van der Waals surface area contributed by atoms with E-state index in [0.717, 1.165) is 34.6 Å². The molecule has 0 fully saturated rings. The zero-order chi connectivity index (χ0) is 26.0. The van der Waals surface area contributed by atoms with Crippen LogP contribution in [-0.2, 0) is 17.6 Å². The van der Waals surface area contributed by atoms with Gasteiger partial charge in [-0.15, -0.1) is 0 Å². The Hall–Kier alpha value is -2.79. The summed E-state index contributed by atoms with van der Waals surface area (Å²) in [5.41, 5.74) is 6.68. The smallest absolute Gasteiger partial charge is 0.546 e. The minimum absolute atomic E-state index is 0. The van der Waals surface area contributed by atoms with Crippen molar-refractivity contribution in [3.63, 3.8) is 0 Å². The van der Waals surface area contributed by atoms with Crippen LogP contribution >= 0.6 is 0 Å². The number of aromatic nitrogens is 1. The number of ether oxygens (including phenoxy) is 1. The molecule has 0 aliphatic carbocycles. The first kappa shape index (κ1) is 29.8. The van der Waals surface area contributed by atoms with Crippen molar-refractivity contribution in [2.24, 2.45) is 0 Å². The maximum Gasteiger partial charge on any atom is 1.00 e. The van der Waals surface area contributed by atoms with Gasteiger partial charge in [0.25, 0.3) is 0 Å². The molecule has 0 aliphatic heterocycles. The summed E-state index contributed by atoms with van der Waals surface area (Å²) in [6, 6.07) is 30.1. The molecule has 4 aromatic rings. The van der Waals surface area contributed by atoms with E-state index in [9.17, 15) is 9.90 Å². The summed E-state index contributed by atoms with van der Waals surface area (Å²) < 4.78 is 8.04. The summed E-state index contributed by atoms with van der Waals surface area (Å²) in [6.45, 7) is 4.36. The Morgan fingerprint density at radius 1 is 0.816 bits per heavy atom. The molecule has 1 aromatic heterocycles. The van der Waals surface area contributed by atoms with Crippen LogP contribution in [0.15, 0.2) is 91.0 Å². The monoisotopic (exact) mass is 517 g/mol. The fourth-order valence-corrected chi connectivity index (χ4v) is 4.72. The Labute approximate surface area is 249 Å². The molecule has 3 aromatic carbocycles. The normalized spacial score (nSPS) is 11.5. The zero-order valence-electron chi connectivity index (χ0n) is 22.9. The third-order valence-electron chi connectivity index (χ3n) is 6.79. The number of hydrogen-bond acceptors (Lipinski definition) is 3. The summed E-state index contributed by atoms with van der Waals surface area (Å²) in [4.78, 5) is 11.7. The van der Waals surface area contributed by atoms with E-state index in [2.05, 4.69) is 54.8 Å². The summed E-state index contributed by atoms with van der Waals surface area (Å²) in [5.74, 6) is -0.714. The van der Waals surface area contributed by atoms with Crippen LogP contribution in [0.2, 0.25) is 0 Å². The molecule has 4 nitrogen and oxygen atoms in total. The molecule has 192 valence electrons. The topological polar surface area (TPSA) is 54.3 Å². The number of unbranched alkanes of at least 4 members (excludes halogenated alkanes) is 4. The summed E-state index contributed by atoms with van der Waals surface area (Å²) in [6.07, 6.45) is 6.79. The van der Waals surface area contributed by atoms with Crippen molar-refractivity contribution in [2.45, 2.75) is 64.9 Å². The van der Waals surface area contributed by atoms with Gasteiger partial charge >= 0.3 is 29.6 Å². The Morgan fingerprint density at radius 2 is 1.50 bits per heavy atom. The maximum absolute atomic E-state index is 11.7. The van der Waals surface area contributed by atoms with E-state index in [4.69, 9.17) is 4.74 Å². The largest absolute Gasteiger partial charge is 1.00 e. The van der Waals surface area contributed by atoms with E-state index in [1.807, 2.05) is 54.6 Å². The van der Waals surface area contributed by atoms with Crippen LogP contribution in [0.5, 0.6) is 5.75 Å². The van der Waals surface area contributed by atoms with Crippen LogP contribution in [0.4, 0.5) is 0 Å². The number of rotatable bonds is 13. The molecule has 0 radical (unpaired) electrons. The van der Waals surface area contributed by atoms with Gasteiger partial charge in [0.1, 0.15) is 11.9 Å². The number of carbonyl (C=O) groups is 1. The molecule has 0 unspecified atom stereocenters. The number of carbonyl (C=O) groups excluding carboxylic acids is 1. The van der Waals surface area contributed by atoms with Gasteiger partial charge in [0.05, 0.1) is 11.7 Å². The van der Waals surface area contributed by atoms with Crippen molar-refractivity contribution in [3.05, 3.63) is 108 Å². The SMILES string of the molecule is CCCCCCCc1ccc(-n2c(C)ccc2-c2ccc(O[C@H](Cc3ccccc3)C(=O)[O-])cc2)cc1.[Na+]. The quantitative estimate of drug-likeness (QED) is 0.201. The minimum atomic E-state index is -1.22. The molecule has 0 amide bonds. The molecule has 0 saturated heterocycles. The predicted octanol–water partition coefficient (Wildman–Crippen LogP) is 3.71. The first-order valence-corrected chi connectivity index (χ1v) is 13.3. The summed E-state index contributed by atoms with van der Waals surface area (Å²) in [5, 5.41) is 11.7.